The number of amides is 2. The second-order valence-corrected chi connectivity index (χ2v) is 6.46. The Labute approximate surface area is 123 Å². The summed E-state index contributed by atoms with van der Waals surface area (Å²) in [5.74, 6) is -0.771. The molecule has 106 valence electrons. The molecule has 1 N–H and O–H groups in total. The Morgan fingerprint density at radius 1 is 1.35 bits per heavy atom. The van der Waals surface area contributed by atoms with Crippen molar-refractivity contribution in [2.45, 2.75) is 24.3 Å². The Kier molecular flexibility index (Phi) is 5.02. The van der Waals surface area contributed by atoms with Crippen LogP contribution >= 0.6 is 21.6 Å². The second-order valence-electron chi connectivity index (χ2n) is 4.02. The number of aromatic nitrogens is 1. The van der Waals surface area contributed by atoms with Gasteiger partial charge in [-0.05, 0) is 22.9 Å². The van der Waals surface area contributed by atoms with E-state index in [1.807, 2.05) is 0 Å². The molecule has 20 heavy (non-hydrogen) atoms. The van der Waals surface area contributed by atoms with Crippen LogP contribution in [0.1, 0.15) is 19.3 Å². The van der Waals surface area contributed by atoms with Gasteiger partial charge in [-0.3, -0.25) is 19.3 Å². The number of nitrogens with zero attached hydrogens (tertiary/aromatic N) is 2. The molecule has 1 fully saturated rings. The number of hydrogen-bond donors (Lipinski definition) is 1. The Morgan fingerprint density at radius 2 is 2.05 bits per heavy atom. The predicted molar refractivity (Wildman–Crippen MR) is 76.5 cm³/mol. The first-order valence-corrected chi connectivity index (χ1v) is 8.23. The van der Waals surface area contributed by atoms with Crippen molar-refractivity contribution in [3.63, 3.8) is 0 Å². The van der Waals surface area contributed by atoms with Crippen molar-refractivity contribution in [1.29, 1.82) is 0 Å². The summed E-state index contributed by atoms with van der Waals surface area (Å²) in [6.45, 7) is 0. The summed E-state index contributed by atoms with van der Waals surface area (Å²) >= 11 is 0. The van der Waals surface area contributed by atoms with Crippen molar-refractivity contribution in [3.8, 4) is 0 Å². The molecule has 1 aliphatic heterocycles. The van der Waals surface area contributed by atoms with E-state index < -0.39 is 5.97 Å². The Morgan fingerprint density at radius 3 is 2.70 bits per heavy atom. The zero-order valence-electron chi connectivity index (χ0n) is 10.4. The molecule has 2 heterocycles. The van der Waals surface area contributed by atoms with Crippen molar-refractivity contribution < 1.29 is 19.5 Å². The number of imide groups is 1. The van der Waals surface area contributed by atoms with E-state index in [0.717, 1.165) is 0 Å². The predicted octanol–water partition coefficient (Wildman–Crippen LogP) is 1.95. The van der Waals surface area contributed by atoms with Crippen LogP contribution in [0.4, 0.5) is 5.69 Å². The number of carboxylic acids is 1. The van der Waals surface area contributed by atoms with Gasteiger partial charge >= 0.3 is 5.97 Å². The summed E-state index contributed by atoms with van der Waals surface area (Å²) in [6.07, 6.45) is 2.11. The average Bonchev–Trinajstić information content (AvgIpc) is 2.74. The molecular weight excluding hydrogens is 300 g/mol. The van der Waals surface area contributed by atoms with Gasteiger partial charge in [0, 0.05) is 24.8 Å². The van der Waals surface area contributed by atoms with Crippen LogP contribution in [-0.4, -0.2) is 33.6 Å². The normalized spacial score (nSPS) is 14.9. The number of pyridine rings is 1. The van der Waals surface area contributed by atoms with Gasteiger partial charge < -0.3 is 5.11 Å². The zero-order valence-corrected chi connectivity index (χ0v) is 12.1. The lowest BCUT2D eigenvalue weighted by atomic mass is 10.3. The monoisotopic (exact) mass is 312 g/mol. The molecule has 1 aromatic rings. The van der Waals surface area contributed by atoms with Crippen LogP contribution in [0.3, 0.4) is 0 Å². The maximum atomic E-state index is 11.6. The van der Waals surface area contributed by atoms with Gasteiger partial charge in [-0.25, -0.2) is 4.98 Å². The van der Waals surface area contributed by atoms with Crippen LogP contribution in [0.2, 0.25) is 0 Å². The first-order chi connectivity index (χ1) is 9.58. The van der Waals surface area contributed by atoms with Crippen LogP contribution in [0.15, 0.2) is 23.4 Å². The van der Waals surface area contributed by atoms with Crippen LogP contribution in [-0.2, 0) is 14.4 Å². The van der Waals surface area contributed by atoms with E-state index in [-0.39, 0.29) is 31.1 Å². The smallest absolute Gasteiger partial charge is 0.304 e. The molecule has 8 heteroatoms. The molecule has 1 saturated heterocycles. The fourth-order valence-electron chi connectivity index (χ4n) is 1.68. The van der Waals surface area contributed by atoms with E-state index in [9.17, 15) is 14.4 Å². The van der Waals surface area contributed by atoms with Crippen molar-refractivity contribution in [2.75, 3.05) is 10.7 Å². The van der Waals surface area contributed by atoms with E-state index in [4.69, 9.17) is 5.11 Å². The molecule has 1 aromatic heterocycles. The van der Waals surface area contributed by atoms with Gasteiger partial charge in [-0.15, -0.1) is 0 Å². The molecule has 0 radical (unpaired) electrons. The van der Waals surface area contributed by atoms with E-state index >= 15 is 0 Å². The highest BCUT2D eigenvalue weighted by atomic mass is 33.1. The lowest BCUT2D eigenvalue weighted by Gasteiger charge is -2.14. The standard InChI is InChI=1S/C12H12N2O4S2/c15-10-1-2-11(16)14(10)8-3-5-13-9(7-8)20-19-6-4-12(17)18/h3,5,7H,1-2,4,6H2,(H,17,18). The molecule has 1 aliphatic rings. The highest BCUT2D eigenvalue weighted by Gasteiger charge is 2.30. The van der Waals surface area contributed by atoms with Crippen molar-refractivity contribution in [1.82, 2.24) is 4.98 Å². The molecular formula is C12H12N2O4S2. The Bertz CT molecular complexity index is 534. The maximum absolute atomic E-state index is 11.6. The third kappa shape index (κ3) is 3.73. The average molecular weight is 312 g/mol. The fraction of sp³-hybridized carbons (Fsp3) is 0.333. The van der Waals surface area contributed by atoms with Gasteiger partial charge in [-0.1, -0.05) is 10.8 Å². The highest BCUT2D eigenvalue weighted by Crippen LogP contribution is 2.32. The second kappa shape index (κ2) is 6.76. The summed E-state index contributed by atoms with van der Waals surface area (Å²) in [5, 5.41) is 9.18. The van der Waals surface area contributed by atoms with Crippen molar-refractivity contribution in [3.05, 3.63) is 18.3 Å². The molecule has 0 spiro atoms. The number of hydrogen-bond acceptors (Lipinski definition) is 6. The van der Waals surface area contributed by atoms with E-state index in [1.54, 1.807) is 12.1 Å². The van der Waals surface area contributed by atoms with Gasteiger partial charge in [0.15, 0.2) is 0 Å². The lowest BCUT2D eigenvalue weighted by molar-refractivity contribution is -0.136. The summed E-state index contributed by atoms with van der Waals surface area (Å²) < 4.78 is 0. The van der Waals surface area contributed by atoms with Crippen molar-refractivity contribution >= 4 is 45.1 Å². The summed E-state index contributed by atoms with van der Waals surface area (Å²) in [7, 11) is 2.70. The number of carbonyl (C=O) groups excluding carboxylic acids is 2. The van der Waals surface area contributed by atoms with E-state index in [0.29, 0.717) is 16.5 Å². The minimum atomic E-state index is -0.840. The molecule has 0 saturated carbocycles. The molecule has 0 aliphatic carbocycles. The fourth-order valence-corrected chi connectivity index (χ4v) is 3.55. The van der Waals surface area contributed by atoms with Crippen LogP contribution < -0.4 is 4.90 Å². The lowest BCUT2D eigenvalue weighted by Crippen LogP contribution is -2.28. The first kappa shape index (κ1) is 14.9. The van der Waals surface area contributed by atoms with Gasteiger partial charge in [0.25, 0.3) is 0 Å². The van der Waals surface area contributed by atoms with Crippen LogP contribution in [0.25, 0.3) is 0 Å². The molecule has 6 nitrogen and oxygen atoms in total. The van der Waals surface area contributed by atoms with Gasteiger partial charge in [0.2, 0.25) is 11.8 Å². The number of rotatable bonds is 6. The van der Waals surface area contributed by atoms with Gasteiger partial charge in [0.05, 0.1) is 12.1 Å². The van der Waals surface area contributed by atoms with Crippen LogP contribution in [0, 0.1) is 0 Å². The maximum Gasteiger partial charge on any atom is 0.304 e. The van der Waals surface area contributed by atoms with Gasteiger partial charge in [-0.2, -0.15) is 0 Å². The molecule has 2 amide bonds. The summed E-state index contributed by atoms with van der Waals surface area (Å²) in [4.78, 5) is 39.0. The quantitative estimate of drug-likeness (QED) is 0.488. The molecule has 0 unspecified atom stereocenters. The SMILES string of the molecule is O=C(O)CCSSc1cc(N2C(=O)CCC2=O)ccn1. The molecule has 0 atom stereocenters. The summed E-state index contributed by atoms with van der Waals surface area (Å²) in [6, 6.07) is 3.28. The number of carbonyl (C=O) groups is 3. The van der Waals surface area contributed by atoms with Crippen LogP contribution in [0.5, 0.6) is 0 Å². The zero-order chi connectivity index (χ0) is 14.5. The minimum absolute atomic E-state index is 0.0838. The third-order valence-electron chi connectivity index (χ3n) is 2.57. The number of carboxylic acid groups (broad SMARTS) is 1. The molecule has 0 bridgehead atoms. The molecule has 0 aromatic carbocycles. The summed E-state index contributed by atoms with van der Waals surface area (Å²) in [5.41, 5.74) is 0.522. The molecule has 2 rings (SSSR count). The van der Waals surface area contributed by atoms with E-state index in [2.05, 4.69) is 4.98 Å². The van der Waals surface area contributed by atoms with Crippen molar-refractivity contribution in [2.24, 2.45) is 0 Å². The largest absolute Gasteiger partial charge is 0.481 e. The van der Waals surface area contributed by atoms with E-state index in [1.165, 1.54) is 32.7 Å². The minimum Gasteiger partial charge on any atom is -0.481 e. The number of anilines is 1. The Balaban J connectivity index is 1.99. The Hall–Kier alpha value is -1.54. The first-order valence-electron chi connectivity index (χ1n) is 5.91. The third-order valence-corrected chi connectivity index (χ3v) is 4.82. The topological polar surface area (TPSA) is 87.6 Å². The van der Waals surface area contributed by atoms with Gasteiger partial charge in [0.1, 0.15) is 5.03 Å². The highest BCUT2D eigenvalue weighted by molar-refractivity contribution is 8.76. The number of aliphatic carboxylic acids is 1.